The Balaban J connectivity index is 0.000000179. The lowest BCUT2D eigenvalue weighted by atomic mass is 9.89. The second-order valence-corrected chi connectivity index (χ2v) is 36.7. The van der Waals surface area contributed by atoms with E-state index in [1.165, 1.54) is 53.0 Å². The number of aromatic nitrogens is 8. The number of aryl methyl sites for hydroxylation is 4. The van der Waals surface area contributed by atoms with Gasteiger partial charge in [0.2, 0.25) is 23.6 Å². The average molecular weight is 1770 g/mol. The van der Waals surface area contributed by atoms with Crippen LogP contribution in [0.25, 0.3) is 88.8 Å². The maximum absolute atomic E-state index is 14.2. The van der Waals surface area contributed by atoms with Crippen LogP contribution in [0.5, 0.6) is 0 Å². The first-order valence-electron chi connectivity index (χ1n) is 45.3. The summed E-state index contributed by atoms with van der Waals surface area (Å²) in [6.07, 6.45) is 12.5. The van der Waals surface area contributed by atoms with Gasteiger partial charge in [0, 0.05) is 59.8 Å². The van der Waals surface area contributed by atoms with E-state index in [1.807, 2.05) is 103 Å². The maximum Gasteiger partial charge on any atom is 0.407 e. The second-order valence-electron chi connectivity index (χ2n) is 36.7. The molecule has 0 bridgehead atoms. The van der Waals surface area contributed by atoms with Gasteiger partial charge in [0.1, 0.15) is 53.1 Å². The highest BCUT2D eigenvalue weighted by atomic mass is 16.5. The van der Waals surface area contributed by atoms with Gasteiger partial charge in [-0.15, -0.1) is 0 Å². The fourth-order valence-electron chi connectivity index (χ4n) is 18.8. The summed E-state index contributed by atoms with van der Waals surface area (Å²) < 4.78 is 9.60. The number of aliphatic hydroxyl groups is 2. The van der Waals surface area contributed by atoms with Gasteiger partial charge in [-0.05, 0) is 207 Å². The minimum absolute atomic E-state index is 0.0778. The number of carboxylic acid groups (broad SMARTS) is 1. The Morgan fingerprint density at radius 3 is 1.16 bits per heavy atom. The number of nitrogens with zero attached hydrogens (tertiary/aromatic N) is 8. The minimum Gasteiger partial charge on any atom is -0.479 e. The molecule has 29 heteroatoms. The van der Waals surface area contributed by atoms with Crippen LogP contribution in [0.2, 0.25) is 0 Å². The predicted molar refractivity (Wildman–Crippen MR) is 498 cm³/mol. The summed E-state index contributed by atoms with van der Waals surface area (Å²) in [6, 6.07) is 54.0. The van der Waals surface area contributed by atoms with Gasteiger partial charge >= 0.3 is 18.2 Å². The number of carboxylic acids is 1. The van der Waals surface area contributed by atoms with Crippen molar-refractivity contribution in [3.05, 3.63) is 239 Å². The van der Waals surface area contributed by atoms with Crippen LogP contribution < -0.4 is 21.7 Å². The molecular weight excluding hydrogens is 1660 g/mol. The third kappa shape index (κ3) is 19.4. The van der Waals surface area contributed by atoms with E-state index in [1.54, 1.807) is 17.0 Å². The fourth-order valence-corrected chi connectivity index (χ4v) is 18.8. The summed E-state index contributed by atoms with van der Waals surface area (Å²) in [6.45, 7) is 15.3. The molecule has 18 rings (SSSR count). The number of carbonyl (C=O) groups is 8. The molecule has 0 radical (unpaired) electrons. The number of imidazole rings is 4. The number of likely N-dealkylation sites (tertiary alicyclic amines) is 4. The molecule has 4 aromatic heterocycles. The monoisotopic (exact) mass is 1770 g/mol. The van der Waals surface area contributed by atoms with Crippen molar-refractivity contribution < 1.29 is 63.1 Å². The summed E-state index contributed by atoms with van der Waals surface area (Å²) in [5.41, 5.74) is 21.7. The van der Waals surface area contributed by atoms with E-state index in [4.69, 9.17) is 45.4 Å². The van der Waals surface area contributed by atoms with Crippen LogP contribution in [0, 0.1) is 11.8 Å². The van der Waals surface area contributed by atoms with Gasteiger partial charge in [0.15, 0.2) is 5.60 Å². The lowest BCUT2D eigenvalue weighted by Crippen LogP contribution is -2.51. The number of hydrogen-bond donors (Lipinski definition) is 11. The number of nitrogens with one attached hydrogen (secondary N) is 7. The first-order valence-corrected chi connectivity index (χ1v) is 45.3. The number of H-pyrrole nitrogens is 4. The van der Waals surface area contributed by atoms with Crippen molar-refractivity contribution in [1.29, 1.82) is 0 Å². The Kier molecular flexibility index (Phi) is 26.4. The lowest BCUT2D eigenvalue weighted by Gasteiger charge is -2.30. The van der Waals surface area contributed by atoms with Crippen LogP contribution in [0.1, 0.15) is 200 Å². The van der Waals surface area contributed by atoms with Gasteiger partial charge in [-0.25, -0.2) is 34.3 Å². The Labute approximate surface area is 760 Å². The molecule has 12 aromatic rings. The number of amides is 7. The number of nitrogens with two attached hydrogens (primary N) is 1. The normalized spacial score (nSPS) is 17.9. The Morgan fingerprint density at radius 2 is 0.779 bits per heavy atom. The molecule has 4 fully saturated rings. The molecule has 2 aliphatic carbocycles. The van der Waals surface area contributed by atoms with Gasteiger partial charge < -0.3 is 86.0 Å². The average Bonchev–Trinajstić information content (AvgIpc) is 1.65. The highest BCUT2D eigenvalue weighted by Gasteiger charge is 2.44. The van der Waals surface area contributed by atoms with Crippen molar-refractivity contribution in [2.45, 2.75) is 192 Å². The van der Waals surface area contributed by atoms with Gasteiger partial charge in [0.05, 0.1) is 73.6 Å². The standard InChI is InChI=1S/C51H56N8O6.C47H50N8O4.C4H8O3/c1-29(2)42(57-50(63)65-5)47(60)59-24-10-14-41(59)46-53-38-22-20-35-26-34(19-21-37(35)44(38)55-46)31-15-16-33-27-36(18-17-32(33)25-31)39-28-52-45(54-39)40-13-9-23-58(40)48(61)43(30-11-7-6-8-12-30)56-49(62)51(3,4)64;1-27(2)41(53-47(58)59-3)46(57)55-22-8-12-39(55)44-50-36-20-18-33-24-32(17-19-35(33)42(36)52-44)29-13-14-31-25-34(16-15-30(31)23-29)37-26-49-43(51-37)38-11-7-21-54(38)45(56)40(48)28-9-5-4-6-10-28;1-4(2,7)3(5)6/h6-8,11-12,15-19,21,25-29,40-43,64H,9-10,13-14,20,22-24H2,1-5H3,(H,52,54)(H,53,55)(H,56,62)(H,57,63);4-6,9-10,13-17,19,23-27,38-41H,7-8,11-12,18,20-22,48H2,1-3H3,(H,49,51)(H,50,52)(H,53,58);7H,1-2H3,(H,5,6)/t40-,41-,42-,43+;38-,39-,40+,41-;/m00./s1. The SMILES string of the molecule is CC(C)(O)C(=O)O.COC(=O)N[C@H](C(=O)N1CCC[C@H]1c1nc2c([nH]1)CCc1cc(-c3ccc4cc(-c5cnc([C@@H]6CCCN6C(=O)[C@H](N)c6ccccc6)[nH]5)ccc4c3)ccc1-2)C(C)C.COC(=O)N[C@H](C(=O)N1CCC[C@H]1c1nc2c([nH]1)CCc1cc(-c3ccc4cc(-c5cnc([C@@H]6CCCN6C(=O)[C@H](NC(=O)C(C)(C)O)c6ccccc6)[nH]5)ccc4c3)ccc1-2)C(C)C. The first-order chi connectivity index (χ1) is 62.9. The van der Waals surface area contributed by atoms with Crippen molar-refractivity contribution in [3.8, 4) is 67.3 Å². The molecule has 29 nitrogen and oxygen atoms in total. The molecule has 12 N–H and O–H groups in total. The van der Waals surface area contributed by atoms with Gasteiger partial charge in [-0.3, -0.25) is 24.0 Å². The lowest BCUT2D eigenvalue weighted by molar-refractivity contribution is -0.154. The van der Waals surface area contributed by atoms with Crippen molar-refractivity contribution in [2.24, 2.45) is 17.6 Å². The van der Waals surface area contributed by atoms with Crippen LogP contribution in [0.4, 0.5) is 9.59 Å². The zero-order valence-electron chi connectivity index (χ0n) is 75.5. The maximum atomic E-state index is 14.2. The largest absolute Gasteiger partial charge is 0.479 e. The zero-order valence-corrected chi connectivity index (χ0v) is 75.5. The summed E-state index contributed by atoms with van der Waals surface area (Å²) in [5.74, 6) is 0.484. The number of benzene rings is 8. The van der Waals surface area contributed by atoms with Crippen LogP contribution in [0.3, 0.4) is 0 Å². The molecule has 680 valence electrons. The van der Waals surface area contributed by atoms with E-state index in [9.17, 15) is 43.5 Å². The number of hydrogen-bond acceptors (Lipinski definition) is 17. The molecule has 0 spiro atoms. The molecule has 0 unspecified atom stereocenters. The fraction of sp³-hybridized carbons (Fsp3) is 0.373. The second kappa shape index (κ2) is 38.2. The topological polar surface area (TPSA) is 406 Å². The Morgan fingerprint density at radius 1 is 0.427 bits per heavy atom. The van der Waals surface area contributed by atoms with Crippen LogP contribution in [-0.2, 0) is 63.9 Å². The van der Waals surface area contributed by atoms with E-state index in [0.717, 1.165) is 200 Å². The third-order valence-electron chi connectivity index (χ3n) is 26.1. The van der Waals surface area contributed by atoms with E-state index in [-0.39, 0.29) is 59.6 Å². The Bertz CT molecular complexity index is 6280. The highest BCUT2D eigenvalue weighted by Crippen LogP contribution is 2.44. The summed E-state index contributed by atoms with van der Waals surface area (Å²) >= 11 is 0. The molecular formula is C102H114N16O13. The van der Waals surface area contributed by atoms with Crippen LogP contribution in [-0.4, -0.2) is 186 Å². The van der Waals surface area contributed by atoms with E-state index in [2.05, 4.69) is 145 Å². The number of methoxy groups -OCH3 is 2. The number of carbonyl (C=O) groups excluding carboxylic acids is 7. The number of fused-ring (bicyclic) bond motifs is 8. The molecule has 8 heterocycles. The molecule has 4 aliphatic heterocycles. The number of aliphatic carboxylic acids is 1. The van der Waals surface area contributed by atoms with E-state index in [0.29, 0.717) is 37.6 Å². The van der Waals surface area contributed by atoms with E-state index >= 15 is 0 Å². The quantitative estimate of drug-likeness (QED) is 0.0318. The molecule has 8 aromatic carbocycles. The summed E-state index contributed by atoms with van der Waals surface area (Å²) in [5, 5.41) is 39.6. The number of ether oxygens (including phenoxy) is 2. The molecule has 8 atom stereocenters. The van der Waals surface area contributed by atoms with Crippen LogP contribution in [0.15, 0.2) is 182 Å². The first kappa shape index (κ1) is 90.7. The molecule has 7 amide bonds. The summed E-state index contributed by atoms with van der Waals surface area (Å²) in [7, 11) is 2.61. The van der Waals surface area contributed by atoms with Crippen molar-refractivity contribution in [2.75, 3.05) is 40.4 Å². The minimum atomic E-state index is -1.65. The predicted octanol–water partition coefficient (Wildman–Crippen LogP) is 15.4. The van der Waals surface area contributed by atoms with Gasteiger partial charge in [-0.2, -0.15) is 0 Å². The molecule has 131 heavy (non-hydrogen) atoms. The smallest absolute Gasteiger partial charge is 0.407 e. The number of alkyl carbamates (subject to hydrolysis) is 2. The summed E-state index contributed by atoms with van der Waals surface area (Å²) in [4.78, 5) is 143. The molecule has 4 saturated heterocycles. The van der Waals surface area contributed by atoms with Crippen molar-refractivity contribution >= 4 is 69.2 Å². The van der Waals surface area contributed by atoms with Crippen LogP contribution >= 0.6 is 0 Å². The molecule has 6 aliphatic rings. The number of rotatable bonds is 21. The van der Waals surface area contributed by atoms with Gasteiger partial charge in [-0.1, -0.05) is 173 Å². The van der Waals surface area contributed by atoms with Gasteiger partial charge in [0.25, 0.3) is 5.91 Å². The number of aromatic amines is 4. The molecule has 0 saturated carbocycles. The highest BCUT2D eigenvalue weighted by molar-refractivity contribution is 5.95. The zero-order chi connectivity index (χ0) is 92.4. The Hall–Kier alpha value is -13.6. The van der Waals surface area contributed by atoms with E-state index < -0.39 is 59.4 Å². The third-order valence-corrected chi connectivity index (χ3v) is 26.1. The van der Waals surface area contributed by atoms with Crippen molar-refractivity contribution in [3.63, 3.8) is 0 Å². The van der Waals surface area contributed by atoms with Crippen molar-refractivity contribution in [1.82, 2.24) is 75.4 Å².